The number of halogens is 2. The average molecular weight is 916 g/mol. The molecule has 3 aliphatic heterocycles. The molecule has 324 valence electrons. The maximum absolute atomic E-state index is 16.6. The lowest BCUT2D eigenvalue weighted by Gasteiger charge is -2.35. The van der Waals surface area contributed by atoms with Gasteiger partial charge in [-0.15, -0.1) is 0 Å². The van der Waals surface area contributed by atoms with Gasteiger partial charge in [-0.05, 0) is 111 Å². The number of aliphatic hydroxyl groups is 2. The zero-order valence-corrected chi connectivity index (χ0v) is 37.9. The maximum Gasteiger partial charge on any atom is 0.264 e. The predicted molar refractivity (Wildman–Crippen MR) is 240 cm³/mol. The standard InChI is InChI=1S/C47H56BrFN4O7Si/c1-5-59-37-18-20-40-34(25-37)26-39(50-21-9-10-23-54)45(57)53(40)36-16-13-33(14-17-36)30-52-41-19-15-35(48)27-38(41)47(46(52)58)31(2)44(61(3,4)49)42(60-47)28-43(56)51(22-24-55)29-32-11-7-6-8-12-32/h6-8,11-20,25,27,31,39,42,44,50,54-55H,5,9-10,21-24,26,28-30H2,1-4H3/t31-,39?,42+,44-,47+/m0/s1. The van der Waals surface area contributed by atoms with Crippen molar-refractivity contribution < 1.29 is 38.2 Å². The van der Waals surface area contributed by atoms with Crippen molar-refractivity contribution in [2.75, 3.05) is 42.7 Å². The van der Waals surface area contributed by atoms with Gasteiger partial charge in [0.05, 0.1) is 49.7 Å². The normalized spacial score (nSPS) is 22.2. The van der Waals surface area contributed by atoms with Crippen LogP contribution in [-0.4, -0.2) is 86.3 Å². The molecule has 61 heavy (non-hydrogen) atoms. The van der Waals surface area contributed by atoms with Crippen molar-refractivity contribution in [3.8, 4) is 5.75 Å². The van der Waals surface area contributed by atoms with Crippen molar-refractivity contribution in [2.45, 2.75) is 89.0 Å². The van der Waals surface area contributed by atoms with E-state index >= 15 is 8.90 Å². The fraction of sp³-hybridized carbons (Fsp3) is 0.426. The van der Waals surface area contributed by atoms with Crippen LogP contribution in [0, 0.1) is 5.92 Å². The molecular formula is C47H56BrFN4O7Si. The number of fused-ring (bicyclic) bond motifs is 3. The number of hydrogen-bond acceptors (Lipinski definition) is 8. The van der Waals surface area contributed by atoms with Crippen molar-refractivity contribution in [1.29, 1.82) is 0 Å². The minimum atomic E-state index is -3.56. The summed E-state index contributed by atoms with van der Waals surface area (Å²) < 4.78 is 30.0. The van der Waals surface area contributed by atoms with Crippen LogP contribution >= 0.6 is 15.9 Å². The SMILES string of the molecule is CCOc1ccc2c(c1)CC(NCCCCO)C(=O)N2c1ccc(CN2C(=O)[C@]3(O[C@H](CC(=O)N(CCO)Cc4ccccc4)[C@@H]([Si](C)(C)F)[C@@H]3C)c3cc(Br)ccc32)cc1. The Balaban J connectivity index is 1.16. The molecule has 3 amide bonds. The molecule has 3 heterocycles. The van der Waals surface area contributed by atoms with E-state index in [1.165, 1.54) is 0 Å². The number of rotatable bonds is 17. The van der Waals surface area contributed by atoms with Crippen LogP contribution in [0.25, 0.3) is 0 Å². The first kappa shape index (κ1) is 44.6. The second kappa shape index (κ2) is 18.9. The number of ether oxygens (including phenoxy) is 2. The quantitative estimate of drug-likeness (QED) is 0.0563. The first-order valence-corrected chi connectivity index (χ1v) is 25.0. The number of nitrogens with zero attached hydrogens (tertiary/aromatic N) is 3. The van der Waals surface area contributed by atoms with Gasteiger partial charge in [-0.25, -0.2) is 0 Å². The van der Waals surface area contributed by atoms with E-state index in [1.807, 2.05) is 105 Å². The van der Waals surface area contributed by atoms with Crippen LogP contribution in [0.2, 0.25) is 18.6 Å². The molecule has 0 aliphatic carbocycles. The summed E-state index contributed by atoms with van der Waals surface area (Å²) in [4.78, 5) is 48.2. The van der Waals surface area contributed by atoms with Crippen LogP contribution < -0.4 is 19.9 Å². The molecule has 1 unspecified atom stereocenters. The van der Waals surface area contributed by atoms with Crippen molar-refractivity contribution >= 4 is 59.1 Å². The van der Waals surface area contributed by atoms with Gasteiger partial charge in [-0.2, -0.15) is 0 Å². The number of carbonyl (C=O) groups excluding carboxylic acids is 3. The van der Waals surface area contributed by atoms with E-state index in [4.69, 9.17) is 9.47 Å². The van der Waals surface area contributed by atoms with E-state index in [0.717, 1.165) is 39.0 Å². The Morgan fingerprint density at radius 1 is 0.984 bits per heavy atom. The van der Waals surface area contributed by atoms with Crippen LogP contribution in [0.4, 0.5) is 21.2 Å². The zero-order chi connectivity index (χ0) is 43.5. The summed E-state index contributed by atoms with van der Waals surface area (Å²) in [5.74, 6) is -0.533. The first-order chi connectivity index (χ1) is 29.3. The summed E-state index contributed by atoms with van der Waals surface area (Å²) in [6.07, 6.45) is 0.888. The van der Waals surface area contributed by atoms with Crippen LogP contribution in [0.15, 0.2) is 95.5 Å². The summed E-state index contributed by atoms with van der Waals surface area (Å²) in [6, 6.07) is 28.0. The molecule has 0 bridgehead atoms. The molecule has 14 heteroatoms. The van der Waals surface area contributed by atoms with Crippen LogP contribution in [0.1, 0.15) is 55.4 Å². The Bertz CT molecular complexity index is 2210. The number of aliphatic hydroxyl groups excluding tert-OH is 2. The molecule has 1 saturated heterocycles. The first-order valence-electron chi connectivity index (χ1n) is 21.2. The van der Waals surface area contributed by atoms with E-state index in [-0.39, 0.29) is 57.0 Å². The zero-order valence-electron chi connectivity index (χ0n) is 35.3. The lowest BCUT2D eigenvalue weighted by Crippen LogP contribution is -2.49. The molecule has 4 aromatic carbocycles. The van der Waals surface area contributed by atoms with Crippen molar-refractivity contribution in [3.63, 3.8) is 0 Å². The molecule has 0 aromatic heterocycles. The summed E-state index contributed by atoms with van der Waals surface area (Å²) in [5, 5.41) is 22.6. The van der Waals surface area contributed by atoms with Gasteiger partial charge >= 0.3 is 0 Å². The molecule has 4 aromatic rings. The fourth-order valence-electron chi connectivity index (χ4n) is 9.55. The molecule has 11 nitrogen and oxygen atoms in total. The third-order valence-electron chi connectivity index (χ3n) is 12.3. The van der Waals surface area contributed by atoms with Gasteiger partial charge < -0.3 is 38.9 Å². The van der Waals surface area contributed by atoms with Gasteiger partial charge in [-0.1, -0.05) is 65.3 Å². The molecule has 0 radical (unpaired) electrons. The third kappa shape index (κ3) is 9.07. The predicted octanol–water partition coefficient (Wildman–Crippen LogP) is 7.53. The topological polar surface area (TPSA) is 132 Å². The highest BCUT2D eigenvalue weighted by atomic mass is 79.9. The van der Waals surface area contributed by atoms with Crippen LogP contribution in [-0.2, 0) is 44.2 Å². The molecule has 3 N–H and O–H groups in total. The molecule has 5 atom stereocenters. The summed E-state index contributed by atoms with van der Waals surface area (Å²) in [6.45, 7) is 8.60. The van der Waals surface area contributed by atoms with Crippen LogP contribution in [0.3, 0.4) is 0 Å². The number of hydrogen-bond donors (Lipinski definition) is 3. The number of amides is 3. The van der Waals surface area contributed by atoms with Gasteiger partial charge in [0.25, 0.3) is 5.91 Å². The lowest BCUT2D eigenvalue weighted by molar-refractivity contribution is -0.150. The van der Waals surface area contributed by atoms with E-state index in [0.29, 0.717) is 42.9 Å². The molecule has 0 saturated carbocycles. The smallest absolute Gasteiger partial charge is 0.264 e. The second-order valence-corrected chi connectivity index (χ2v) is 21.5. The highest BCUT2D eigenvalue weighted by molar-refractivity contribution is 9.10. The minimum Gasteiger partial charge on any atom is -0.494 e. The van der Waals surface area contributed by atoms with Gasteiger partial charge in [0.1, 0.15) is 5.75 Å². The largest absolute Gasteiger partial charge is 0.494 e. The number of nitrogens with one attached hydrogen (secondary N) is 1. The van der Waals surface area contributed by atoms with E-state index < -0.39 is 37.6 Å². The number of anilines is 3. The highest BCUT2D eigenvalue weighted by Gasteiger charge is 2.67. The van der Waals surface area contributed by atoms with Crippen molar-refractivity contribution in [1.82, 2.24) is 10.2 Å². The van der Waals surface area contributed by atoms with E-state index in [9.17, 15) is 19.8 Å². The Morgan fingerprint density at radius 3 is 2.41 bits per heavy atom. The highest BCUT2D eigenvalue weighted by Crippen LogP contribution is 2.60. The van der Waals surface area contributed by atoms with E-state index in [1.54, 1.807) is 27.8 Å². The molecule has 1 fully saturated rings. The van der Waals surface area contributed by atoms with Crippen LogP contribution in [0.5, 0.6) is 5.75 Å². The van der Waals surface area contributed by atoms with Gasteiger partial charge in [0.2, 0.25) is 20.2 Å². The van der Waals surface area contributed by atoms with Gasteiger partial charge in [0.15, 0.2) is 5.60 Å². The second-order valence-electron chi connectivity index (χ2n) is 16.8. The Kier molecular flexibility index (Phi) is 13.8. The Labute approximate surface area is 367 Å². The summed E-state index contributed by atoms with van der Waals surface area (Å²) in [5.41, 5.74) is 3.22. The van der Waals surface area contributed by atoms with Gasteiger partial charge in [-0.3, -0.25) is 19.3 Å². The monoisotopic (exact) mass is 914 g/mol. The maximum atomic E-state index is 16.6. The fourth-order valence-corrected chi connectivity index (χ4v) is 12.4. The number of unbranched alkanes of at least 4 members (excludes halogenated alkanes) is 1. The Morgan fingerprint density at radius 2 is 1.72 bits per heavy atom. The molecule has 7 rings (SSSR count). The third-order valence-corrected chi connectivity index (χ3v) is 15.2. The molecule has 1 spiro atoms. The number of carbonyl (C=O) groups is 3. The van der Waals surface area contributed by atoms with E-state index in [2.05, 4.69) is 21.2 Å². The minimum absolute atomic E-state index is 0.0848. The van der Waals surface area contributed by atoms with Crippen molar-refractivity contribution in [2.24, 2.45) is 5.92 Å². The number of benzene rings is 4. The summed E-state index contributed by atoms with van der Waals surface area (Å²) in [7, 11) is -3.56. The summed E-state index contributed by atoms with van der Waals surface area (Å²) >= 11 is 3.61. The molecular weight excluding hydrogens is 860 g/mol. The Hall–Kier alpha value is -4.44. The lowest BCUT2D eigenvalue weighted by atomic mass is 9.82. The molecule has 3 aliphatic rings. The average Bonchev–Trinajstić information content (AvgIpc) is 3.65. The van der Waals surface area contributed by atoms with Crippen molar-refractivity contribution in [3.05, 3.63) is 118 Å². The van der Waals surface area contributed by atoms with Gasteiger partial charge in [0, 0.05) is 46.9 Å².